The van der Waals surface area contributed by atoms with Crippen molar-refractivity contribution in [1.29, 1.82) is 0 Å². The highest BCUT2D eigenvalue weighted by atomic mass is 32.1. The normalized spacial score (nSPS) is 10.9. The van der Waals surface area contributed by atoms with E-state index < -0.39 is 0 Å². The Balaban J connectivity index is 1.86. The Hall–Kier alpha value is -1.75. The zero-order valence-corrected chi connectivity index (χ0v) is 13.0. The first-order valence-electron chi connectivity index (χ1n) is 6.97. The minimum atomic E-state index is -0.225. The van der Waals surface area contributed by atoms with Crippen LogP contribution in [-0.2, 0) is 17.8 Å². The Morgan fingerprint density at radius 2 is 2.05 bits per heavy atom. The lowest BCUT2D eigenvalue weighted by molar-refractivity contribution is -0.121. The molecule has 1 amide bonds. The molecule has 0 fully saturated rings. The predicted molar refractivity (Wildman–Crippen MR) is 82.6 cm³/mol. The van der Waals surface area contributed by atoms with Crippen LogP contribution in [0.25, 0.3) is 0 Å². The molecule has 0 aliphatic rings. The maximum Gasteiger partial charge on any atom is 0.220 e. The van der Waals surface area contributed by atoms with E-state index in [4.69, 9.17) is 0 Å². The van der Waals surface area contributed by atoms with Crippen LogP contribution in [0.15, 0.2) is 30.5 Å². The summed E-state index contributed by atoms with van der Waals surface area (Å²) in [5, 5.41) is 3.77. The number of nitrogens with one attached hydrogen (secondary N) is 1. The van der Waals surface area contributed by atoms with Gasteiger partial charge in [0.15, 0.2) is 0 Å². The fourth-order valence-corrected chi connectivity index (χ4v) is 2.83. The lowest BCUT2D eigenvalue weighted by Gasteiger charge is -2.04. The molecular formula is C16H19FN2OS. The molecule has 112 valence electrons. The number of thiazole rings is 1. The topological polar surface area (TPSA) is 42.0 Å². The molecule has 2 aromatic rings. The Labute approximate surface area is 128 Å². The molecule has 0 aliphatic heterocycles. The summed E-state index contributed by atoms with van der Waals surface area (Å²) >= 11 is 1.57. The van der Waals surface area contributed by atoms with Crippen molar-refractivity contribution >= 4 is 17.2 Å². The van der Waals surface area contributed by atoms with Crippen LogP contribution in [0.5, 0.6) is 0 Å². The van der Waals surface area contributed by atoms with Crippen molar-refractivity contribution < 1.29 is 9.18 Å². The summed E-state index contributed by atoms with van der Waals surface area (Å²) in [7, 11) is 0. The second kappa shape index (κ2) is 7.31. The third-order valence-corrected chi connectivity index (χ3v) is 3.92. The van der Waals surface area contributed by atoms with Gasteiger partial charge < -0.3 is 5.32 Å². The van der Waals surface area contributed by atoms with Gasteiger partial charge in [0.25, 0.3) is 0 Å². The van der Waals surface area contributed by atoms with Crippen LogP contribution in [0.4, 0.5) is 4.39 Å². The molecular weight excluding hydrogens is 287 g/mol. The summed E-state index contributed by atoms with van der Waals surface area (Å²) in [6, 6.07) is 6.48. The van der Waals surface area contributed by atoms with Crippen LogP contribution in [0.2, 0.25) is 0 Å². The van der Waals surface area contributed by atoms with Crippen molar-refractivity contribution in [2.75, 3.05) is 0 Å². The molecule has 0 unspecified atom stereocenters. The average Bonchev–Trinajstić information content (AvgIpc) is 2.86. The van der Waals surface area contributed by atoms with E-state index in [-0.39, 0.29) is 11.7 Å². The van der Waals surface area contributed by atoms with Crippen LogP contribution in [0.3, 0.4) is 0 Å². The third-order valence-electron chi connectivity index (χ3n) is 2.92. The molecule has 0 radical (unpaired) electrons. The number of hydrogen-bond donors (Lipinski definition) is 1. The Morgan fingerprint density at radius 1 is 1.33 bits per heavy atom. The number of hydrogen-bond acceptors (Lipinski definition) is 3. The first-order chi connectivity index (χ1) is 10.0. The minimum absolute atomic E-state index is 0.0558. The Morgan fingerprint density at radius 3 is 2.71 bits per heavy atom. The molecule has 0 saturated carbocycles. The van der Waals surface area contributed by atoms with Crippen LogP contribution in [0.1, 0.15) is 35.7 Å². The van der Waals surface area contributed by atoms with Gasteiger partial charge in [0.1, 0.15) is 10.8 Å². The van der Waals surface area contributed by atoms with Gasteiger partial charge in [-0.2, -0.15) is 0 Å². The fourth-order valence-electron chi connectivity index (χ4n) is 1.93. The monoisotopic (exact) mass is 306 g/mol. The molecule has 0 bridgehead atoms. The molecule has 2 rings (SSSR count). The van der Waals surface area contributed by atoms with E-state index in [2.05, 4.69) is 10.3 Å². The predicted octanol–water partition coefficient (Wildman–Crippen LogP) is 3.54. The molecule has 5 heteroatoms. The molecule has 1 N–H and O–H groups in total. The van der Waals surface area contributed by atoms with Gasteiger partial charge in [-0.05, 0) is 23.6 Å². The van der Waals surface area contributed by atoms with E-state index in [0.29, 0.717) is 18.9 Å². The molecule has 3 nitrogen and oxygen atoms in total. The lowest BCUT2D eigenvalue weighted by Crippen LogP contribution is -2.23. The molecule has 0 saturated heterocycles. The SMILES string of the molecule is CC(C)CC(=O)NCc1ncc(Cc2ccc(F)cc2)s1. The first-order valence-corrected chi connectivity index (χ1v) is 7.79. The highest BCUT2D eigenvalue weighted by Gasteiger charge is 2.07. The van der Waals surface area contributed by atoms with Gasteiger partial charge in [-0.15, -0.1) is 11.3 Å². The van der Waals surface area contributed by atoms with Gasteiger partial charge in [0, 0.05) is 23.9 Å². The second-order valence-corrected chi connectivity index (χ2v) is 6.60. The average molecular weight is 306 g/mol. The van der Waals surface area contributed by atoms with Crippen LogP contribution >= 0.6 is 11.3 Å². The number of amides is 1. The first kappa shape index (κ1) is 15.6. The van der Waals surface area contributed by atoms with Gasteiger partial charge in [0.2, 0.25) is 5.91 Å². The number of aromatic nitrogens is 1. The van der Waals surface area contributed by atoms with Crippen LogP contribution < -0.4 is 5.32 Å². The zero-order chi connectivity index (χ0) is 15.2. The quantitative estimate of drug-likeness (QED) is 0.887. The smallest absolute Gasteiger partial charge is 0.220 e. The van der Waals surface area contributed by atoms with Crippen LogP contribution in [-0.4, -0.2) is 10.9 Å². The zero-order valence-electron chi connectivity index (χ0n) is 12.2. The maximum atomic E-state index is 12.8. The van der Waals surface area contributed by atoms with Gasteiger partial charge in [-0.25, -0.2) is 9.37 Å². The van der Waals surface area contributed by atoms with E-state index >= 15 is 0 Å². The molecule has 1 heterocycles. The summed E-state index contributed by atoms with van der Waals surface area (Å²) in [5.74, 6) is 0.187. The molecule has 1 aromatic carbocycles. The molecule has 1 aromatic heterocycles. The largest absolute Gasteiger partial charge is 0.350 e. The third kappa shape index (κ3) is 5.27. The van der Waals surface area contributed by atoms with Crippen LogP contribution in [0, 0.1) is 11.7 Å². The lowest BCUT2D eigenvalue weighted by atomic mass is 10.1. The minimum Gasteiger partial charge on any atom is -0.350 e. The fraction of sp³-hybridized carbons (Fsp3) is 0.375. The number of carbonyl (C=O) groups is 1. The van der Waals surface area contributed by atoms with Gasteiger partial charge in [0.05, 0.1) is 6.54 Å². The maximum absolute atomic E-state index is 12.8. The van der Waals surface area contributed by atoms with Crippen molar-refractivity contribution in [3.63, 3.8) is 0 Å². The van der Waals surface area contributed by atoms with E-state index in [9.17, 15) is 9.18 Å². The molecule has 0 atom stereocenters. The molecule has 21 heavy (non-hydrogen) atoms. The summed E-state index contributed by atoms with van der Waals surface area (Å²) in [5.41, 5.74) is 1.05. The van der Waals surface area contributed by atoms with Crippen molar-refractivity contribution in [1.82, 2.24) is 10.3 Å². The number of benzene rings is 1. The van der Waals surface area contributed by atoms with Crippen molar-refractivity contribution in [3.8, 4) is 0 Å². The standard InChI is InChI=1S/C16H19FN2OS/c1-11(2)7-15(20)18-10-16-19-9-14(21-16)8-12-3-5-13(17)6-4-12/h3-6,9,11H,7-8,10H2,1-2H3,(H,18,20). The van der Waals surface area contributed by atoms with E-state index in [1.54, 1.807) is 23.5 Å². The van der Waals surface area contributed by atoms with Crippen molar-refractivity contribution in [2.24, 2.45) is 5.92 Å². The van der Waals surface area contributed by atoms with Gasteiger partial charge >= 0.3 is 0 Å². The van der Waals surface area contributed by atoms with Gasteiger partial charge in [-0.1, -0.05) is 26.0 Å². The number of rotatable bonds is 6. The number of carbonyl (C=O) groups excluding carboxylic acids is 1. The summed E-state index contributed by atoms with van der Waals surface area (Å²) < 4.78 is 12.8. The van der Waals surface area contributed by atoms with Gasteiger partial charge in [-0.3, -0.25) is 4.79 Å². The highest BCUT2D eigenvalue weighted by molar-refractivity contribution is 7.11. The summed E-state index contributed by atoms with van der Waals surface area (Å²) in [4.78, 5) is 17.0. The summed E-state index contributed by atoms with van der Waals surface area (Å²) in [6.07, 6.45) is 3.09. The Kier molecular flexibility index (Phi) is 5.44. The van der Waals surface area contributed by atoms with E-state index in [1.165, 1.54) is 12.1 Å². The highest BCUT2D eigenvalue weighted by Crippen LogP contribution is 2.17. The van der Waals surface area contributed by atoms with E-state index in [0.717, 1.165) is 21.9 Å². The van der Waals surface area contributed by atoms with Crippen molar-refractivity contribution in [2.45, 2.75) is 33.2 Å². The Bertz CT molecular complexity index is 593. The van der Waals surface area contributed by atoms with E-state index in [1.807, 2.05) is 20.0 Å². The number of halogens is 1. The number of nitrogens with zero attached hydrogens (tertiary/aromatic N) is 1. The summed E-state index contributed by atoms with van der Waals surface area (Å²) in [6.45, 7) is 4.51. The molecule has 0 spiro atoms. The van der Waals surface area contributed by atoms with Crippen molar-refractivity contribution in [3.05, 3.63) is 51.7 Å². The molecule has 0 aliphatic carbocycles. The second-order valence-electron chi connectivity index (χ2n) is 5.40.